The molecule has 2 rings (SSSR count). The maximum atomic E-state index is 5.74. The summed E-state index contributed by atoms with van der Waals surface area (Å²) < 4.78 is 11.3. The molecule has 0 aromatic heterocycles. The molecule has 1 atom stereocenters. The van der Waals surface area contributed by atoms with Crippen LogP contribution in [0.15, 0.2) is 65.7 Å². The first-order valence-electron chi connectivity index (χ1n) is 8.42. The molecule has 0 amide bonds. The molecule has 2 aromatic carbocycles. The van der Waals surface area contributed by atoms with Crippen LogP contribution in [0.4, 0.5) is 0 Å². The summed E-state index contributed by atoms with van der Waals surface area (Å²) in [5.41, 5.74) is 1.14. The molecule has 0 bridgehead atoms. The van der Waals surface area contributed by atoms with Gasteiger partial charge in [-0.15, -0.1) is 0 Å². The predicted octanol–water partition coefficient (Wildman–Crippen LogP) is 2.96. The van der Waals surface area contributed by atoms with Crippen molar-refractivity contribution in [3.8, 4) is 5.75 Å². The van der Waals surface area contributed by atoms with E-state index in [0.717, 1.165) is 23.8 Å². The zero-order valence-corrected chi connectivity index (χ0v) is 15.2. The van der Waals surface area contributed by atoms with Crippen molar-refractivity contribution >= 4 is 5.96 Å². The van der Waals surface area contributed by atoms with Gasteiger partial charge >= 0.3 is 0 Å². The third-order valence-corrected chi connectivity index (χ3v) is 3.91. The van der Waals surface area contributed by atoms with Crippen LogP contribution in [-0.2, 0) is 4.74 Å². The average molecular weight is 341 g/mol. The monoisotopic (exact) mass is 341 g/mol. The van der Waals surface area contributed by atoms with Crippen molar-refractivity contribution in [2.75, 3.05) is 40.9 Å². The molecule has 25 heavy (non-hydrogen) atoms. The minimum atomic E-state index is -0.0214. The van der Waals surface area contributed by atoms with Crippen LogP contribution in [0.2, 0.25) is 0 Å². The molecule has 0 spiro atoms. The summed E-state index contributed by atoms with van der Waals surface area (Å²) in [6, 6.07) is 20.0. The van der Waals surface area contributed by atoms with Crippen molar-refractivity contribution in [2.45, 2.75) is 6.10 Å². The van der Waals surface area contributed by atoms with Gasteiger partial charge in [-0.1, -0.05) is 48.5 Å². The van der Waals surface area contributed by atoms with E-state index in [0.29, 0.717) is 13.2 Å². The molecule has 1 N–H and O–H groups in total. The second kappa shape index (κ2) is 10.4. The molecule has 0 saturated carbocycles. The number of para-hydroxylation sites is 1. The Morgan fingerprint density at radius 2 is 1.72 bits per heavy atom. The van der Waals surface area contributed by atoms with Crippen molar-refractivity contribution in [2.24, 2.45) is 4.99 Å². The second-order valence-corrected chi connectivity index (χ2v) is 5.65. The Kier molecular flexibility index (Phi) is 7.79. The molecule has 0 heterocycles. The number of ether oxygens (including phenoxy) is 2. The SMILES string of the molecule is CN=C(NCC(OC)c1ccccc1)N(C)CCOc1ccccc1. The number of methoxy groups -OCH3 is 1. The average Bonchev–Trinajstić information content (AvgIpc) is 2.67. The highest BCUT2D eigenvalue weighted by Gasteiger charge is 2.12. The summed E-state index contributed by atoms with van der Waals surface area (Å²) in [7, 11) is 5.49. The quantitative estimate of drug-likeness (QED) is 0.592. The van der Waals surface area contributed by atoms with E-state index in [1.807, 2.05) is 60.5 Å². The maximum absolute atomic E-state index is 5.74. The lowest BCUT2D eigenvalue weighted by Gasteiger charge is -2.24. The lowest BCUT2D eigenvalue weighted by atomic mass is 10.1. The van der Waals surface area contributed by atoms with Crippen LogP contribution in [0.25, 0.3) is 0 Å². The van der Waals surface area contributed by atoms with Gasteiger partial charge in [0.05, 0.1) is 12.6 Å². The summed E-state index contributed by atoms with van der Waals surface area (Å²) in [5.74, 6) is 1.69. The normalized spacial score (nSPS) is 12.5. The van der Waals surface area contributed by atoms with Crippen LogP contribution < -0.4 is 10.1 Å². The summed E-state index contributed by atoms with van der Waals surface area (Å²) >= 11 is 0. The maximum Gasteiger partial charge on any atom is 0.193 e. The molecule has 0 aliphatic carbocycles. The fourth-order valence-electron chi connectivity index (χ4n) is 2.50. The fraction of sp³-hybridized carbons (Fsp3) is 0.350. The third-order valence-electron chi connectivity index (χ3n) is 3.91. The zero-order chi connectivity index (χ0) is 17.9. The van der Waals surface area contributed by atoms with Gasteiger partial charge in [0.1, 0.15) is 12.4 Å². The Labute approximate surface area is 150 Å². The van der Waals surface area contributed by atoms with E-state index < -0.39 is 0 Å². The summed E-state index contributed by atoms with van der Waals surface area (Å²) in [4.78, 5) is 6.38. The number of benzene rings is 2. The molecule has 134 valence electrons. The lowest BCUT2D eigenvalue weighted by Crippen LogP contribution is -2.42. The van der Waals surface area contributed by atoms with Gasteiger partial charge in [0, 0.05) is 27.7 Å². The number of nitrogens with zero attached hydrogens (tertiary/aromatic N) is 2. The lowest BCUT2D eigenvalue weighted by molar-refractivity contribution is 0.106. The number of hydrogen-bond donors (Lipinski definition) is 1. The van der Waals surface area contributed by atoms with Crippen molar-refractivity contribution in [1.29, 1.82) is 0 Å². The second-order valence-electron chi connectivity index (χ2n) is 5.65. The minimum absolute atomic E-state index is 0.0214. The van der Waals surface area contributed by atoms with Gasteiger partial charge in [-0.2, -0.15) is 0 Å². The third kappa shape index (κ3) is 6.12. The van der Waals surface area contributed by atoms with E-state index in [-0.39, 0.29) is 6.10 Å². The molecule has 5 nitrogen and oxygen atoms in total. The standard InChI is InChI=1S/C20H27N3O2/c1-21-20(22-16-19(24-3)17-10-6-4-7-11-17)23(2)14-15-25-18-12-8-5-9-13-18/h4-13,19H,14-16H2,1-3H3,(H,21,22). The highest BCUT2D eigenvalue weighted by molar-refractivity contribution is 5.79. The van der Waals surface area contributed by atoms with Crippen LogP contribution >= 0.6 is 0 Å². The van der Waals surface area contributed by atoms with Crippen LogP contribution in [0.1, 0.15) is 11.7 Å². The van der Waals surface area contributed by atoms with Crippen LogP contribution in [-0.4, -0.2) is 51.8 Å². The van der Waals surface area contributed by atoms with E-state index >= 15 is 0 Å². The van der Waals surface area contributed by atoms with Crippen LogP contribution in [0.5, 0.6) is 5.75 Å². The van der Waals surface area contributed by atoms with Crippen molar-refractivity contribution in [1.82, 2.24) is 10.2 Å². The molecule has 1 unspecified atom stereocenters. The van der Waals surface area contributed by atoms with E-state index in [2.05, 4.69) is 22.4 Å². The van der Waals surface area contributed by atoms with E-state index in [1.165, 1.54) is 0 Å². The first kappa shape index (κ1) is 18.8. The van der Waals surface area contributed by atoms with Crippen molar-refractivity contribution in [3.05, 3.63) is 66.2 Å². The fourth-order valence-corrected chi connectivity index (χ4v) is 2.50. The minimum Gasteiger partial charge on any atom is -0.492 e. The molecule has 5 heteroatoms. The highest BCUT2D eigenvalue weighted by atomic mass is 16.5. The molecule has 0 radical (unpaired) electrons. The molecule has 0 fully saturated rings. The Morgan fingerprint density at radius 3 is 2.32 bits per heavy atom. The van der Waals surface area contributed by atoms with E-state index in [4.69, 9.17) is 9.47 Å². The Bertz CT molecular complexity index is 632. The predicted molar refractivity (Wildman–Crippen MR) is 102 cm³/mol. The van der Waals surface area contributed by atoms with Gasteiger partial charge < -0.3 is 19.7 Å². The van der Waals surface area contributed by atoms with Crippen molar-refractivity contribution in [3.63, 3.8) is 0 Å². The first-order valence-corrected chi connectivity index (χ1v) is 8.42. The molecule has 0 aliphatic rings. The van der Waals surface area contributed by atoms with Crippen LogP contribution in [0.3, 0.4) is 0 Å². The number of rotatable bonds is 8. The molecule has 0 saturated heterocycles. The number of hydrogen-bond acceptors (Lipinski definition) is 3. The molecule has 0 aliphatic heterocycles. The number of likely N-dealkylation sites (N-methyl/N-ethyl adjacent to an activating group) is 1. The van der Waals surface area contributed by atoms with Gasteiger partial charge in [0.2, 0.25) is 0 Å². The first-order chi connectivity index (χ1) is 12.2. The number of nitrogens with one attached hydrogen (secondary N) is 1. The molecule has 2 aromatic rings. The zero-order valence-electron chi connectivity index (χ0n) is 15.2. The molecular formula is C20H27N3O2. The van der Waals surface area contributed by atoms with Gasteiger partial charge in [-0.05, 0) is 17.7 Å². The Hall–Kier alpha value is -2.53. The van der Waals surface area contributed by atoms with E-state index in [9.17, 15) is 0 Å². The van der Waals surface area contributed by atoms with Gasteiger partial charge in [0.25, 0.3) is 0 Å². The number of guanidine groups is 1. The summed E-state index contributed by atoms with van der Waals surface area (Å²) in [6.07, 6.45) is -0.0214. The van der Waals surface area contributed by atoms with Gasteiger partial charge in [-0.25, -0.2) is 0 Å². The molecular weight excluding hydrogens is 314 g/mol. The van der Waals surface area contributed by atoms with Crippen LogP contribution in [0, 0.1) is 0 Å². The van der Waals surface area contributed by atoms with Gasteiger partial charge in [-0.3, -0.25) is 4.99 Å². The smallest absolute Gasteiger partial charge is 0.193 e. The summed E-state index contributed by atoms with van der Waals surface area (Å²) in [5, 5.41) is 3.36. The summed E-state index contributed by atoms with van der Waals surface area (Å²) in [6.45, 7) is 1.97. The largest absolute Gasteiger partial charge is 0.492 e. The van der Waals surface area contributed by atoms with Gasteiger partial charge in [0.15, 0.2) is 5.96 Å². The van der Waals surface area contributed by atoms with Crippen molar-refractivity contribution < 1.29 is 9.47 Å². The highest BCUT2D eigenvalue weighted by Crippen LogP contribution is 2.15. The Balaban J connectivity index is 1.80. The Morgan fingerprint density at radius 1 is 1.08 bits per heavy atom. The topological polar surface area (TPSA) is 46.1 Å². The number of aliphatic imine (C=N–C) groups is 1. The van der Waals surface area contributed by atoms with E-state index in [1.54, 1.807) is 14.2 Å².